The molecule has 0 amide bonds. The van der Waals surface area contributed by atoms with Crippen molar-refractivity contribution in [1.82, 2.24) is 4.98 Å². The molecule has 0 aliphatic carbocycles. The van der Waals surface area contributed by atoms with Gasteiger partial charge in [-0.2, -0.15) is 0 Å². The molecule has 0 atom stereocenters. The molecule has 2 aromatic rings. The molecule has 3 nitrogen and oxygen atoms in total. The van der Waals surface area contributed by atoms with Gasteiger partial charge in [0, 0.05) is 23.6 Å². The largest absolute Gasteiger partial charge is 0.384 e. The van der Waals surface area contributed by atoms with E-state index in [0.29, 0.717) is 5.82 Å². The molecule has 1 aromatic heterocycles. The summed E-state index contributed by atoms with van der Waals surface area (Å²) in [4.78, 5) is 3.96. The standard InChI is InChI=1S/C13H15N3/c1-9-4-3-5-12(10(9)2)16-11-6-7-15-13(14)8-11/h3-8H,1-2H3,(H3,14,15,16). The Balaban J connectivity index is 2.31. The number of nitrogens with two attached hydrogens (primary N) is 1. The molecule has 3 N–H and O–H groups in total. The predicted octanol–water partition coefficient (Wildman–Crippen LogP) is 3.02. The Kier molecular flexibility index (Phi) is 2.77. The van der Waals surface area contributed by atoms with Gasteiger partial charge in [-0.15, -0.1) is 0 Å². The summed E-state index contributed by atoms with van der Waals surface area (Å²) in [7, 11) is 0. The number of rotatable bonds is 2. The molecule has 1 aromatic carbocycles. The fourth-order valence-corrected chi connectivity index (χ4v) is 1.57. The van der Waals surface area contributed by atoms with Crippen LogP contribution in [0.1, 0.15) is 11.1 Å². The number of anilines is 3. The first-order valence-corrected chi connectivity index (χ1v) is 5.21. The van der Waals surface area contributed by atoms with Gasteiger partial charge in [0.05, 0.1) is 0 Å². The lowest BCUT2D eigenvalue weighted by Crippen LogP contribution is -1.96. The van der Waals surface area contributed by atoms with Crippen molar-refractivity contribution in [2.24, 2.45) is 0 Å². The summed E-state index contributed by atoms with van der Waals surface area (Å²) in [6.45, 7) is 4.20. The lowest BCUT2D eigenvalue weighted by atomic mass is 10.1. The fraction of sp³-hybridized carbons (Fsp3) is 0.154. The molecule has 2 rings (SSSR count). The summed E-state index contributed by atoms with van der Waals surface area (Å²) in [6, 6.07) is 9.91. The van der Waals surface area contributed by atoms with Crippen molar-refractivity contribution in [1.29, 1.82) is 0 Å². The lowest BCUT2D eigenvalue weighted by Gasteiger charge is -2.11. The summed E-state index contributed by atoms with van der Waals surface area (Å²) in [5, 5.41) is 3.33. The maximum Gasteiger partial charge on any atom is 0.125 e. The lowest BCUT2D eigenvalue weighted by molar-refractivity contribution is 1.31. The van der Waals surface area contributed by atoms with Gasteiger partial charge in [0.15, 0.2) is 0 Å². The molecule has 0 bridgehead atoms. The summed E-state index contributed by atoms with van der Waals surface area (Å²) >= 11 is 0. The van der Waals surface area contributed by atoms with Crippen molar-refractivity contribution in [2.75, 3.05) is 11.1 Å². The molecule has 3 heteroatoms. The van der Waals surface area contributed by atoms with Crippen molar-refractivity contribution >= 4 is 17.2 Å². The highest BCUT2D eigenvalue weighted by Gasteiger charge is 2.01. The van der Waals surface area contributed by atoms with E-state index in [1.54, 1.807) is 6.20 Å². The Bertz CT molecular complexity index is 506. The third-order valence-electron chi connectivity index (χ3n) is 2.66. The van der Waals surface area contributed by atoms with Crippen LogP contribution in [-0.2, 0) is 0 Å². The molecule has 1 heterocycles. The van der Waals surface area contributed by atoms with Gasteiger partial charge in [0.1, 0.15) is 5.82 Å². The van der Waals surface area contributed by atoms with Gasteiger partial charge in [-0.1, -0.05) is 12.1 Å². The van der Waals surface area contributed by atoms with Gasteiger partial charge in [-0.25, -0.2) is 4.98 Å². The van der Waals surface area contributed by atoms with E-state index < -0.39 is 0 Å². The van der Waals surface area contributed by atoms with Crippen LogP contribution in [0, 0.1) is 13.8 Å². The number of hydrogen-bond donors (Lipinski definition) is 2. The third-order valence-corrected chi connectivity index (χ3v) is 2.66. The van der Waals surface area contributed by atoms with Gasteiger partial charge >= 0.3 is 0 Å². The Morgan fingerprint density at radius 1 is 1.19 bits per heavy atom. The molecule has 0 saturated heterocycles. The van der Waals surface area contributed by atoms with Crippen LogP contribution in [0.4, 0.5) is 17.2 Å². The second-order valence-corrected chi connectivity index (χ2v) is 3.84. The molecule has 0 spiro atoms. The number of pyridine rings is 1. The normalized spacial score (nSPS) is 10.1. The average molecular weight is 213 g/mol. The average Bonchev–Trinajstić information content (AvgIpc) is 2.25. The molecule has 0 radical (unpaired) electrons. The van der Waals surface area contributed by atoms with Crippen molar-refractivity contribution < 1.29 is 0 Å². The summed E-state index contributed by atoms with van der Waals surface area (Å²) < 4.78 is 0. The van der Waals surface area contributed by atoms with Crippen LogP contribution in [-0.4, -0.2) is 4.98 Å². The molecular formula is C13H15N3. The molecule has 0 aliphatic rings. The topological polar surface area (TPSA) is 50.9 Å². The number of benzene rings is 1. The molecule has 0 saturated carbocycles. The van der Waals surface area contributed by atoms with Crippen LogP contribution in [0.2, 0.25) is 0 Å². The zero-order chi connectivity index (χ0) is 11.5. The highest BCUT2D eigenvalue weighted by Crippen LogP contribution is 2.22. The number of aryl methyl sites for hydroxylation is 1. The van der Waals surface area contributed by atoms with E-state index in [1.165, 1.54) is 11.1 Å². The van der Waals surface area contributed by atoms with E-state index in [0.717, 1.165) is 11.4 Å². The van der Waals surface area contributed by atoms with E-state index in [9.17, 15) is 0 Å². The zero-order valence-electron chi connectivity index (χ0n) is 9.49. The van der Waals surface area contributed by atoms with Crippen molar-refractivity contribution in [3.8, 4) is 0 Å². The van der Waals surface area contributed by atoms with Crippen molar-refractivity contribution in [3.05, 3.63) is 47.7 Å². The molecular weight excluding hydrogens is 198 g/mol. The third kappa shape index (κ3) is 2.14. The van der Waals surface area contributed by atoms with Crippen LogP contribution in [0.3, 0.4) is 0 Å². The van der Waals surface area contributed by atoms with Gasteiger partial charge in [0.2, 0.25) is 0 Å². The quantitative estimate of drug-likeness (QED) is 0.806. The number of hydrogen-bond acceptors (Lipinski definition) is 3. The highest BCUT2D eigenvalue weighted by atomic mass is 14.9. The van der Waals surface area contributed by atoms with Crippen LogP contribution in [0.25, 0.3) is 0 Å². The Labute approximate surface area is 95.3 Å². The molecule has 16 heavy (non-hydrogen) atoms. The van der Waals surface area contributed by atoms with E-state index in [-0.39, 0.29) is 0 Å². The summed E-state index contributed by atoms with van der Waals surface area (Å²) in [5.41, 5.74) is 10.2. The van der Waals surface area contributed by atoms with Crippen LogP contribution >= 0.6 is 0 Å². The monoisotopic (exact) mass is 213 g/mol. The van der Waals surface area contributed by atoms with E-state index in [4.69, 9.17) is 5.73 Å². The second kappa shape index (κ2) is 4.23. The first-order valence-electron chi connectivity index (χ1n) is 5.21. The summed E-state index contributed by atoms with van der Waals surface area (Å²) in [5.74, 6) is 0.523. The molecule has 82 valence electrons. The number of nitrogen functional groups attached to an aromatic ring is 1. The SMILES string of the molecule is Cc1cccc(Nc2ccnc(N)c2)c1C. The minimum atomic E-state index is 0.523. The molecule has 0 unspecified atom stereocenters. The van der Waals surface area contributed by atoms with Crippen LogP contribution < -0.4 is 11.1 Å². The minimum absolute atomic E-state index is 0.523. The second-order valence-electron chi connectivity index (χ2n) is 3.84. The van der Waals surface area contributed by atoms with E-state index in [2.05, 4.69) is 36.3 Å². The maximum absolute atomic E-state index is 5.63. The zero-order valence-corrected chi connectivity index (χ0v) is 9.49. The Morgan fingerprint density at radius 3 is 2.75 bits per heavy atom. The molecule has 0 aliphatic heterocycles. The molecule has 0 fully saturated rings. The number of nitrogens with zero attached hydrogens (tertiary/aromatic N) is 1. The smallest absolute Gasteiger partial charge is 0.125 e. The van der Waals surface area contributed by atoms with Gasteiger partial charge in [-0.05, 0) is 37.1 Å². The van der Waals surface area contributed by atoms with Crippen molar-refractivity contribution in [2.45, 2.75) is 13.8 Å². The fourth-order valence-electron chi connectivity index (χ4n) is 1.57. The van der Waals surface area contributed by atoms with Crippen LogP contribution in [0.15, 0.2) is 36.5 Å². The predicted molar refractivity (Wildman–Crippen MR) is 67.8 cm³/mol. The van der Waals surface area contributed by atoms with E-state index >= 15 is 0 Å². The number of aromatic nitrogens is 1. The maximum atomic E-state index is 5.63. The minimum Gasteiger partial charge on any atom is -0.384 e. The van der Waals surface area contributed by atoms with Gasteiger partial charge in [0.25, 0.3) is 0 Å². The Hall–Kier alpha value is -2.03. The van der Waals surface area contributed by atoms with Gasteiger partial charge in [-0.3, -0.25) is 0 Å². The number of nitrogens with one attached hydrogen (secondary N) is 1. The summed E-state index contributed by atoms with van der Waals surface area (Å²) in [6.07, 6.45) is 1.70. The first-order chi connectivity index (χ1) is 7.66. The van der Waals surface area contributed by atoms with Crippen LogP contribution in [0.5, 0.6) is 0 Å². The van der Waals surface area contributed by atoms with Gasteiger partial charge < -0.3 is 11.1 Å². The highest BCUT2D eigenvalue weighted by molar-refractivity contribution is 5.65. The first kappa shape index (κ1) is 10.5. The van der Waals surface area contributed by atoms with Crippen molar-refractivity contribution in [3.63, 3.8) is 0 Å². The van der Waals surface area contributed by atoms with E-state index in [1.807, 2.05) is 18.2 Å². The Morgan fingerprint density at radius 2 is 2.00 bits per heavy atom.